The van der Waals surface area contributed by atoms with Crippen LogP contribution in [-0.2, 0) is 6.61 Å². The SMILES string of the molecule is COc1cccc(COc2cc(Cl)ccc2C(=O)O)c1. The van der Waals surface area contributed by atoms with Crippen molar-refractivity contribution in [1.82, 2.24) is 0 Å². The number of hydrogen-bond acceptors (Lipinski definition) is 3. The second kappa shape index (κ2) is 6.30. The predicted octanol–water partition coefficient (Wildman–Crippen LogP) is 3.63. The smallest absolute Gasteiger partial charge is 0.339 e. The third-order valence-corrected chi connectivity index (χ3v) is 2.94. The first-order chi connectivity index (χ1) is 9.60. The fraction of sp³-hybridized carbons (Fsp3) is 0.133. The molecule has 0 aliphatic carbocycles. The van der Waals surface area contributed by atoms with E-state index >= 15 is 0 Å². The maximum absolute atomic E-state index is 11.1. The van der Waals surface area contributed by atoms with Gasteiger partial charge in [0.15, 0.2) is 0 Å². The van der Waals surface area contributed by atoms with Crippen LogP contribution in [-0.4, -0.2) is 18.2 Å². The molecular formula is C15H13ClO4. The quantitative estimate of drug-likeness (QED) is 0.914. The molecule has 2 aromatic carbocycles. The van der Waals surface area contributed by atoms with Crippen molar-refractivity contribution in [1.29, 1.82) is 0 Å². The molecule has 1 N–H and O–H groups in total. The lowest BCUT2D eigenvalue weighted by Crippen LogP contribution is -2.03. The lowest BCUT2D eigenvalue weighted by Gasteiger charge is -2.10. The van der Waals surface area contributed by atoms with Crippen LogP contribution in [0.25, 0.3) is 0 Å². The predicted molar refractivity (Wildman–Crippen MR) is 75.7 cm³/mol. The number of hydrogen-bond donors (Lipinski definition) is 1. The first kappa shape index (κ1) is 14.2. The molecule has 5 heteroatoms. The molecule has 0 saturated heterocycles. The Morgan fingerprint density at radius 1 is 1.25 bits per heavy atom. The van der Waals surface area contributed by atoms with Gasteiger partial charge in [-0.25, -0.2) is 4.79 Å². The van der Waals surface area contributed by atoms with Crippen LogP contribution < -0.4 is 9.47 Å². The van der Waals surface area contributed by atoms with Crippen LogP contribution in [0.15, 0.2) is 42.5 Å². The van der Waals surface area contributed by atoms with E-state index in [0.717, 1.165) is 11.3 Å². The first-order valence-electron chi connectivity index (χ1n) is 5.88. The summed E-state index contributed by atoms with van der Waals surface area (Å²) < 4.78 is 10.7. The van der Waals surface area contributed by atoms with Crippen LogP contribution in [0.2, 0.25) is 5.02 Å². The van der Waals surface area contributed by atoms with Gasteiger partial charge in [0.1, 0.15) is 23.7 Å². The summed E-state index contributed by atoms with van der Waals surface area (Å²) in [5, 5.41) is 9.52. The van der Waals surface area contributed by atoms with Crippen LogP contribution in [0, 0.1) is 0 Å². The summed E-state index contributed by atoms with van der Waals surface area (Å²) in [5.74, 6) is -0.0919. The summed E-state index contributed by atoms with van der Waals surface area (Å²) in [6.07, 6.45) is 0. The zero-order valence-corrected chi connectivity index (χ0v) is 11.6. The van der Waals surface area contributed by atoms with Crippen LogP contribution in [0.3, 0.4) is 0 Å². The molecule has 0 amide bonds. The highest BCUT2D eigenvalue weighted by Crippen LogP contribution is 2.25. The van der Waals surface area contributed by atoms with Gasteiger partial charge in [-0.15, -0.1) is 0 Å². The van der Waals surface area contributed by atoms with E-state index in [-0.39, 0.29) is 17.9 Å². The molecule has 0 bridgehead atoms. The van der Waals surface area contributed by atoms with E-state index in [4.69, 9.17) is 26.2 Å². The molecule has 0 aliphatic rings. The average molecular weight is 293 g/mol. The van der Waals surface area contributed by atoms with Crippen molar-refractivity contribution >= 4 is 17.6 Å². The first-order valence-corrected chi connectivity index (χ1v) is 6.26. The van der Waals surface area contributed by atoms with E-state index in [1.807, 2.05) is 24.3 Å². The van der Waals surface area contributed by atoms with Crippen molar-refractivity contribution in [2.75, 3.05) is 7.11 Å². The highest BCUT2D eigenvalue weighted by atomic mass is 35.5. The van der Waals surface area contributed by atoms with Crippen LogP contribution in [0.1, 0.15) is 15.9 Å². The normalized spacial score (nSPS) is 10.1. The molecule has 0 aliphatic heterocycles. The maximum Gasteiger partial charge on any atom is 0.339 e. The number of rotatable bonds is 5. The number of ether oxygens (including phenoxy) is 2. The summed E-state index contributed by atoms with van der Waals surface area (Å²) in [5.41, 5.74) is 0.956. The zero-order chi connectivity index (χ0) is 14.5. The third kappa shape index (κ3) is 3.42. The molecule has 0 heterocycles. The maximum atomic E-state index is 11.1. The molecule has 0 spiro atoms. The lowest BCUT2D eigenvalue weighted by molar-refractivity contribution is 0.0692. The third-order valence-electron chi connectivity index (χ3n) is 2.70. The molecule has 2 aromatic rings. The highest BCUT2D eigenvalue weighted by Gasteiger charge is 2.12. The fourth-order valence-corrected chi connectivity index (χ4v) is 1.88. The number of carboxylic acids is 1. The van der Waals surface area contributed by atoms with Gasteiger partial charge in [0.25, 0.3) is 0 Å². The number of carbonyl (C=O) groups is 1. The monoisotopic (exact) mass is 292 g/mol. The molecule has 0 aromatic heterocycles. The topological polar surface area (TPSA) is 55.8 Å². The summed E-state index contributed by atoms with van der Waals surface area (Å²) in [6.45, 7) is 0.234. The number of carboxylic acid groups (broad SMARTS) is 1. The second-order valence-corrected chi connectivity index (χ2v) is 4.52. The number of halogens is 1. The summed E-state index contributed by atoms with van der Waals surface area (Å²) in [7, 11) is 1.58. The Balaban J connectivity index is 2.17. The molecule has 20 heavy (non-hydrogen) atoms. The van der Waals surface area contributed by atoms with Gasteiger partial charge in [0.05, 0.1) is 7.11 Å². The Morgan fingerprint density at radius 2 is 2.05 bits per heavy atom. The molecule has 0 radical (unpaired) electrons. The molecule has 0 fully saturated rings. The van der Waals surface area contributed by atoms with Crippen LogP contribution in [0.4, 0.5) is 0 Å². The Labute approximate surface area is 121 Å². The standard InChI is InChI=1S/C15H13ClO4/c1-19-12-4-2-3-10(7-12)9-20-14-8-11(16)5-6-13(14)15(17)18/h2-8H,9H2,1H3,(H,17,18). The van der Waals surface area contributed by atoms with Crippen molar-refractivity contribution in [3.63, 3.8) is 0 Å². The fourth-order valence-electron chi connectivity index (χ4n) is 1.72. The Morgan fingerprint density at radius 3 is 2.75 bits per heavy atom. The summed E-state index contributed by atoms with van der Waals surface area (Å²) in [4.78, 5) is 11.1. The molecule has 4 nitrogen and oxygen atoms in total. The van der Waals surface area contributed by atoms with E-state index in [1.54, 1.807) is 7.11 Å². The largest absolute Gasteiger partial charge is 0.497 e. The number of methoxy groups -OCH3 is 1. The van der Waals surface area contributed by atoms with Gasteiger partial charge in [-0.1, -0.05) is 23.7 Å². The van der Waals surface area contributed by atoms with E-state index in [9.17, 15) is 4.79 Å². The van der Waals surface area contributed by atoms with E-state index < -0.39 is 5.97 Å². The van der Waals surface area contributed by atoms with Crippen molar-refractivity contribution < 1.29 is 19.4 Å². The van der Waals surface area contributed by atoms with Crippen molar-refractivity contribution in [2.24, 2.45) is 0 Å². The molecule has 0 atom stereocenters. The van der Waals surface area contributed by atoms with E-state index in [0.29, 0.717) is 5.02 Å². The molecule has 2 rings (SSSR count). The molecular weight excluding hydrogens is 280 g/mol. The van der Waals surface area contributed by atoms with Crippen molar-refractivity contribution in [2.45, 2.75) is 6.61 Å². The Hall–Kier alpha value is -2.20. The lowest BCUT2D eigenvalue weighted by atomic mass is 10.2. The van der Waals surface area contributed by atoms with Crippen molar-refractivity contribution in [3.05, 3.63) is 58.6 Å². The van der Waals surface area contributed by atoms with E-state index in [2.05, 4.69) is 0 Å². The van der Waals surface area contributed by atoms with Gasteiger partial charge in [-0.3, -0.25) is 0 Å². The minimum Gasteiger partial charge on any atom is -0.497 e. The Bertz CT molecular complexity index is 625. The van der Waals surface area contributed by atoms with Crippen LogP contribution >= 0.6 is 11.6 Å². The van der Waals surface area contributed by atoms with Gasteiger partial charge in [-0.05, 0) is 35.9 Å². The minimum absolute atomic E-state index is 0.0808. The van der Waals surface area contributed by atoms with Gasteiger partial charge in [0.2, 0.25) is 0 Å². The molecule has 0 unspecified atom stereocenters. The van der Waals surface area contributed by atoms with Gasteiger partial charge < -0.3 is 14.6 Å². The van der Waals surface area contributed by atoms with Crippen molar-refractivity contribution in [3.8, 4) is 11.5 Å². The van der Waals surface area contributed by atoms with Gasteiger partial charge in [0, 0.05) is 5.02 Å². The summed E-state index contributed by atoms with van der Waals surface area (Å²) >= 11 is 5.86. The minimum atomic E-state index is -1.05. The number of benzene rings is 2. The van der Waals surface area contributed by atoms with Crippen LogP contribution in [0.5, 0.6) is 11.5 Å². The number of aromatic carboxylic acids is 1. The van der Waals surface area contributed by atoms with Gasteiger partial charge >= 0.3 is 5.97 Å². The zero-order valence-electron chi connectivity index (χ0n) is 10.8. The van der Waals surface area contributed by atoms with E-state index in [1.165, 1.54) is 18.2 Å². The molecule has 0 saturated carbocycles. The second-order valence-electron chi connectivity index (χ2n) is 4.09. The van der Waals surface area contributed by atoms with Gasteiger partial charge in [-0.2, -0.15) is 0 Å². The molecule has 104 valence electrons. The Kier molecular flexibility index (Phi) is 4.48. The highest BCUT2D eigenvalue weighted by molar-refractivity contribution is 6.30. The summed E-state index contributed by atoms with van der Waals surface area (Å²) in [6, 6.07) is 11.8. The average Bonchev–Trinajstić information content (AvgIpc) is 2.45.